The predicted octanol–water partition coefficient (Wildman–Crippen LogP) is 15.1. The molecule has 0 aliphatic heterocycles. The van der Waals surface area contributed by atoms with E-state index < -0.39 is 17.4 Å². The number of hydrogen-bond donors (Lipinski definition) is 2. The summed E-state index contributed by atoms with van der Waals surface area (Å²) in [5.74, 6) is 0.333. The zero-order chi connectivity index (χ0) is 52.1. The van der Waals surface area contributed by atoms with Gasteiger partial charge >= 0.3 is 11.9 Å². The minimum atomic E-state index is -0.820. The van der Waals surface area contributed by atoms with Crippen molar-refractivity contribution in [3.05, 3.63) is 241 Å². The summed E-state index contributed by atoms with van der Waals surface area (Å²) in [5, 5.41) is 4.67. The lowest BCUT2D eigenvalue weighted by Gasteiger charge is -2.34. The number of fused-ring (bicyclic) bond motifs is 5. The summed E-state index contributed by atoms with van der Waals surface area (Å²) < 4.78 is 21.6. The van der Waals surface area contributed by atoms with Crippen LogP contribution in [0.15, 0.2) is 227 Å². The van der Waals surface area contributed by atoms with E-state index in [0.29, 0.717) is 11.5 Å². The minimum absolute atomic E-state index is 0.125. The Morgan fingerprint density at radius 2 is 0.933 bits per heavy atom. The molecule has 9 aromatic rings. The molecule has 0 radical (unpaired) electrons. The van der Waals surface area contributed by atoms with Crippen molar-refractivity contribution in [3.8, 4) is 33.8 Å². The molecule has 0 saturated carbocycles. The van der Waals surface area contributed by atoms with Crippen LogP contribution in [-0.2, 0) is 24.5 Å². The summed E-state index contributed by atoms with van der Waals surface area (Å²) in [4.78, 5) is 34.5. The molecule has 0 heterocycles. The molecule has 75 heavy (non-hydrogen) atoms. The molecular weight excluding hydrogens is 969 g/mol. The number of benzene rings is 9. The Hall–Kier alpha value is -8.44. The first-order valence-electron chi connectivity index (χ1n) is 24.5. The quantitative estimate of drug-likeness (QED) is 0.0310. The number of rotatable bonds is 17. The average molecular weight is 1020 g/mol. The van der Waals surface area contributed by atoms with Gasteiger partial charge in [-0.2, -0.15) is 0 Å². The van der Waals surface area contributed by atoms with Gasteiger partial charge in [0.25, 0.3) is 0 Å². The molecule has 10 rings (SSSR count). The van der Waals surface area contributed by atoms with E-state index in [0.717, 1.165) is 111 Å². The Balaban J connectivity index is 1.06. The molecule has 1 aliphatic rings. The van der Waals surface area contributed by atoms with Crippen LogP contribution >= 0.6 is 25.3 Å². The van der Waals surface area contributed by atoms with Crippen LogP contribution in [0.25, 0.3) is 43.8 Å². The SMILES string of the molecule is C=CC(=O)OCCOc1ccc(/C(C)=N/c2ccc(C3(c4ccc(/N=C(\C)c5ccc(OCCOC(=O)C=C)cc5)c(S)c4)c4ccc(-c5ccc6ccccc6c5)cc4-c4cc5ccccc5cc43)cc2S)cc1. The molecule has 0 N–H and O–H groups in total. The number of hydrogen-bond acceptors (Lipinski definition) is 10. The highest BCUT2D eigenvalue weighted by Crippen LogP contribution is 2.58. The van der Waals surface area contributed by atoms with E-state index >= 15 is 0 Å². The standard InChI is InChI=1S/C65H52N2O6S2/c1-5-63(68)72-33-31-70-53-24-17-43(18-25-53)41(3)66-59-29-22-51(39-61(59)74)65(52-23-30-60(62(75)40-52)67-42(4)44-19-26-54(27-20-44)71-32-34-73-64(69)6-2)57-28-21-50(49-16-15-45-11-7-8-12-46(45)35-49)37-55(57)56-36-47-13-9-10-14-48(47)38-58(56)65/h5-30,35-40,74-75H,1-2,31-34H2,3-4H3/b66-41+,67-42+. The van der Waals surface area contributed by atoms with Gasteiger partial charge in [0.2, 0.25) is 0 Å². The van der Waals surface area contributed by atoms with Crippen LogP contribution in [0.3, 0.4) is 0 Å². The van der Waals surface area contributed by atoms with Gasteiger partial charge in [0, 0.05) is 33.4 Å². The summed E-state index contributed by atoms with van der Waals surface area (Å²) in [6.45, 7) is 11.5. The summed E-state index contributed by atoms with van der Waals surface area (Å²) >= 11 is 10.4. The molecule has 8 nitrogen and oxygen atoms in total. The fourth-order valence-corrected chi connectivity index (χ4v) is 10.4. The zero-order valence-corrected chi connectivity index (χ0v) is 43.2. The van der Waals surface area contributed by atoms with Gasteiger partial charge in [-0.05, 0) is 188 Å². The average Bonchev–Trinajstić information content (AvgIpc) is 3.77. The Morgan fingerprint density at radius 1 is 0.480 bits per heavy atom. The molecule has 0 amide bonds. The Morgan fingerprint density at radius 3 is 1.44 bits per heavy atom. The topological polar surface area (TPSA) is 95.8 Å². The Bertz CT molecular complexity index is 3610. The number of ether oxygens (including phenoxy) is 4. The molecule has 1 aliphatic carbocycles. The second-order valence-electron chi connectivity index (χ2n) is 18.1. The largest absolute Gasteiger partial charge is 0.490 e. The second kappa shape index (κ2) is 22.0. The van der Waals surface area contributed by atoms with Crippen molar-refractivity contribution in [2.45, 2.75) is 29.1 Å². The summed E-state index contributed by atoms with van der Waals surface area (Å²) in [7, 11) is 0. The molecule has 10 heteroatoms. The van der Waals surface area contributed by atoms with Crippen LogP contribution in [0.1, 0.15) is 47.2 Å². The molecule has 0 saturated heterocycles. The van der Waals surface area contributed by atoms with Crippen LogP contribution < -0.4 is 9.47 Å². The van der Waals surface area contributed by atoms with Gasteiger partial charge in [0.1, 0.15) is 37.9 Å². The monoisotopic (exact) mass is 1020 g/mol. The fraction of sp³-hybridized carbons (Fsp3) is 0.108. The van der Waals surface area contributed by atoms with E-state index in [1.165, 1.54) is 10.8 Å². The molecule has 0 unspecified atom stereocenters. The maximum absolute atomic E-state index is 11.4. The highest BCUT2D eigenvalue weighted by molar-refractivity contribution is 7.80. The molecule has 0 bridgehead atoms. The van der Waals surface area contributed by atoms with Crippen LogP contribution in [0.4, 0.5) is 11.4 Å². The number of esters is 2. The minimum Gasteiger partial charge on any atom is -0.490 e. The van der Waals surface area contributed by atoms with E-state index in [1.54, 1.807) is 0 Å². The molecule has 0 fully saturated rings. The summed E-state index contributed by atoms with van der Waals surface area (Å²) in [6.07, 6.45) is 2.26. The van der Waals surface area contributed by atoms with Gasteiger partial charge in [-0.15, -0.1) is 25.3 Å². The maximum atomic E-state index is 11.4. The molecule has 0 atom stereocenters. The highest BCUT2D eigenvalue weighted by atomic mass is 32.1. The van der Waals surface area contributed by atoms with Crippen LogP contribution in [0, 0.1) is 0 Å². The van der Waals surface area contributed by atoms with Crippen molar-refractivity contribution < 1.29 is 28.5 Å². The van der Waals surface area contributed by atoms with E-state index in [2.05, 4.69) is 147 Å². The molecule has 370 valence electrons. The van der Waals surface area contributed by atoms with Crippen molar-refractivity contribution in [2.24, 2.45) is 9.98 Å². The molecule has 0 aromatic heterocycles. The van der Waals surface area contributed by atoms with Crippen molar-refractivity contribution >= 4 is 81.5 Å². The molecule has 0 spiro atoms. The molecule has 9 aromatic carbocycles. The lowest BCUT2D eigenvalue weighted by molar-refractivity contribution is -0.139. The van der Waals surface area contributed by atoms with Gasteiger partial charge in [0.05, 0.1) is 16.8 Å². The summed E-state index contributed by atoms with van der Waals surface area (Å²) in [5.41, 5.74) is 13.0. The number of aliphatic imine (C=N–C) groups is 2. The van der Waals surface area contributed by atoms with Crippen LogP contribution in [0.5, 0.6) is 11.5 Å². The molecular formula is C65H52N2O6S2. The predicted molar refractivity (Wildman–Crippen MR) is 309 cm³/mol. The highest BCUT2D eigenvalue weighted by Gasteiger charge is 2.47. The lowest BCUT2D eigenvalue weighted by Crippen LogP contribution is -2.28. The first kappa shape index (κ1) is 50.1. The third-order valence-corrected chi connectivity index (χ3v) is 14.3. The second-order valence-corrected chi connectivity index (χ2v) is 19.1. The van der Waals surface area contributed by atoms with Gasteiger partial charge in [-0.1, -0.05) is 98.1 Å². The van der Waals surface area contributed by atoms with E-state index in [4.69, 9.17) is 54.2 Å². The lowest BCUT2D eigenvalue weighted by atomic mass is 9.67. The van der Waals surface area contributed by atoms with Crippen molar-refractivity contribution in [2.75, 3.05) is 26.4 Å². The number of thiol groups is 2. The van der Waals surface area contributed by atoms with Gasteiger partial charge < -0.3 is 18.9 Å². The smallest absolute Gasteiger partial charge is 0.330 e. The maximum Gasteiger partial charge on any atom is 0.330 e. The van der Waals surface area contributed by atoms with E-state index in [1.807, 2.05) is 62.4 Å². The first-order chi connectivity index (χ1) is 36.5. The summed E-state index contributed by atoms with van der Waals surface area (Å²) in [6, 6.07) is 63.4. The van der Waals surface area contributed by atoms with Gasteiger partial charge in [0.15, 0.2) is 0 Å². The number of carbonyl (C=O) groups is 2. The van der Waals surface area contributed by atoms with Crippen LogP contribution in [0.2, 0.25) is 0 Å². The van der Waals surface area contributed by atoms with Gasteiger partial charge in [-0.3, -0.25) is 9.98 Å². The third-order valence-electron chi connectivity index (χ3n) is 13.5. The van der Waals surface area contributed by atoms with Gasteiger partial charge in [-0.25, -0.2) is 9.59 Å². The van der Waals surface area contributed by atoms with E-state index in [9.17, 15) is 9.59 Å². The van der Waals surface area contributed by atoms with E-state index in [-0.39, 0.29) is 26.4 Å². The number of carbonyl (C=O) groups excluding carboxylic acids is 2. The van der Waals surface area contributed by atoms with Crippen LogP contribution in [-0.4, -0.2) is 49.8 Å². The van der Waals surface area contributed by atoms with Crippen molar-refractivity contribution in [1.29, 1.82) is 0 Å². The zero-order valence-electron chi connectivity index (χ0n) is 41.5. The Kier molecular flexibility index (Phi) is 14.7. The Labute approximate surface area is 447 Å². The van der Waals surface area contributed by atoms with Crippen molar-refractivity contribution in [3.63, 3.8) is 0 Å². The van der Waals surface area contributed by atoms with Crippen molar-refractivity contribution in [1.82, 2.24) is 0 Å². The number of nitrogens with zero attached hydrogens (tertiary/aromatic N) is 2. The third kappa shape index (κ3) is 10.4. The normalized spacial score (nSPS) is 14.0. The first-order valence-corrected chi connectivity index (χ1v) is 25.4. The fourth-order valence-electron chi connectivity index (χ4n) is 9.85.